The second kappa shape index (κ2) is 4.43. The summed E-state index contributed by atoms with van der Waals surface area (Å²) in [5.74, 6) is 0.462. The molecule has 0 aromatic heterocycles. The maximum absolute atomic E-state index is 11.4. The number of hydrogen-bond donors (Lipinski definition) is 1. The van der Waals surface area contributed by atoms with Crippen molar-refractivity contribution in [1.29, 1.82) is 0 Å². The molecule has 0 aliphatic carbocycles. The van der Waals surface area contributed by atoms with Crippen molar-refractivity contribution in [3.63, 3.8) is 0 Å². The van der Waals surface area contributed by atoms with Gasteiger partial charge in [-0.25, -0.2) is 13.4 Å². The molecule has 0 bridgehead atoms. The van der Waals surface area contributed by atoms with Gasteiger partial charge in [0.25, 0.3) is 0 Å². The molecule has 1 atom stereocenters. The summed E-state index contributed by atoms with van der Waals surface area (Å²) in [5.41, 5.74) is 4.23. The fourth-order valence-corrected chi connectivity index (χ4v) is 3.40. The van der Waals surface area contributed by atoms with E-state index in [4.69, 9.17) is 0 Å². The van der Waals surface area contributed by atoms with Gasteiger partial charge in [0.15, 0.2) is 9.84 Å². The van der Waals surface area contributed by atoms with E-state index in [0.29, 0.717) is 6.54 Å². The highest BCUT2D eigenvalue weighted by Gasteiger charge is 2.27. The van der Waals surface area contributed by atoms with Gasteiger partial charge in [-0.2, -0.15) is 0 Å². The lowest BCUT2D eigenvalue weighted by Crippen LogP contribution is -2.49. The van der Waals surface area contributed by atoms with Crippen molar-refractivity contribution in [3.8, 4) is 0 Å². The van der Waals surface area contributed by atoms with Gasteiger partial charge in [0.2, 0.25) is 0 Å². The third-order valence-electron chi connectivity index (χ3n) is 2.72. The molecule has 1 aliphatic heterocycles. The Morgan fingerprint density at radius 3 is 2.62 bits per heavy atom. The van der Waals surface area contributed by atoms with Crippen molar-refractivity contribution < 1.29 is 8.42 Å². The summed E-state index contributed by atoms with van der Waals surface area (Å²) >= 11 is 0. The summed E-state index contributed by atoms with van der Waals surface area (Å²) in [4.78, 5) is 0. The van der Waals surface area contributed by atoms with E-state index >= 15 is 0 Å². The van der Waals surface area contributed by atoms with Crippen molar-refractivity contribution in [2.75, 3.05) is 23.5 Å². The molecule has 0 radical (unpaired) electrons. The normalized spacial score (nSPS) is 25.2. The highest BCUT2D eigenvalue weighted by atomic mass is 32.2. The van der Waals surface area contributed by atoms with Crippen LogP contribution >= 0.6 is 0 Å². The van der Waals surface area contributed by atoms with Crippen LogP contribution in [0, 0.1) is 0 Å². The molecule has 88 valence electrons. The SMILES string of the molecule is CC1CS(=O)(=O)CCN1Nc1ccccc1. The van der Waals surface area contributed by atoms with Gasteiger partial charge < -0.3 is 5.43 Å². The molecular weight excluding hydrogens is 224 g/mol. The highest BCUT2D eigenvalue weighted by Crippen LogP contribution is 2.14. The van der Waals surface area contributed by atoms with Crippen LogP contribution in [0.15, 0.2) is 30.3 Å². The molecule has 2 rings (SSSR count). The monoisotopic (exact) mass is 240 g/mol. The molecule has 1 saturated heterocycles. The molecule has 1 N–H and O–H groups in total. The predicted molar refractivity (Wildman–Crippen MR) is 64.9 cm³/mol. The summed E-state index contributed by atoms with van der Waals surface area (Å²) in [6.07, 6.45) is 0. The van der Waals surface area contributed by atoms with Gasteiger partial charge in [0, 0.05) is 18.3 Å². The molecule has 4 nitrogen and oxygen atoms in total. The Kier molecular flexibility index (Phi) is 3.16. The van der Waals surface area contributed by atoms with Gasteiger partial charge in [0.1, 0.15) is 0 Å². The average molecular weight is 240 g/mol. The first-order valence-corrected chi connectivity index (χ1v) is 7.18. The molecule has 0 saturated carbocycles. The maximum atomic E-state index is 11.4. The average Bonchev–Trinajstić information content (AvgIpc) is 2.23. The zero-order valence-corrected chi connectivity index (χ0v) is 10.1. The van der Waals surface area contributed by atoms with E-state index in [2.05, 4.69) is 5.43 Å². The first-order chi connectivity index (χ1) is 7.57. The predicted octanol–water partition coefficient (Wildman–Crippen LogP) is 1.13. The third kappa shape index (κ3) is 2.74. The number of nitrogens with zero attached hydrogens (tertiary/aromatic N) is 1. The molecule has 1 aliphatic rings. The molecule has 1 aromatic rings. The minimum atomic E-state index is -2.84. The highest BCUT2D eigenvalue weighted by molar-refractivity contribution is 7.91. The van der Waals surface area contributed by atoms with Crippen LogP contribution in [-0.2, 0) is 9.84 Å². The topological polar surface area (TPSA) is 49.4 Å². The van der Waals surface area contributed by atoms with Gasteiger partial charge in [-0.3, -0.25) is 0 Å². The summed E-state index contributed by atoms with van der Waals surface area (Å²) in [6, 6.07) is 9.81. The lowest BCUT2D eigenvalue weighted by molar-refractivity contribution is 0.275. The fourth-order valence-electron chi connectivity index (χ4n) is 1.84. The van der Waals surface area contributed by atoms with E-state index in [1.165, 1.54) is 0 Å². The molecule has 0 amide bonds. The Morgan fingerprint density at radius 2 is 2.00 bits per heavy atom. The van der Waals surface area contributed by atoms with E-state index < -0.39 is 9.84 Å². The Labute approximate surface area is 96.2 Å². The molecule has 1 heterocycles. The van der Waals surface area contributed by atoms with Crippen LogP contribution in [0.2, 0.25) is 0 Å². The number of hydrazine groups is 1. The van der Waals surface area contributed by atoms with Crippen molar-refractivity contribution in [1.82, 2.24) is 5.01 Å². The molecule has 1 unspecified atom stereocenters. The van der Waals surface area contributed by atoms with E-state index in [1.54, 1.807) is 0 Å². The Morgan fingerprint density at radius 1 is 1.31 bits per heavy atom. The zero-order valence-electron chi connectivity index (χ0n) is 9.26. The standard InChI is InChI=1S/C11H16N2O2S/c1-10-9-16(14,15)8-7-13(10)12-11-5-3-2-4-6-11/h2-6,10,12H,7-9H2,1H3. The van der Waals surface area contributed by atoms with Crippen molar-refractivity contribution in [2.45, 2.75) is 13.0 Å². The summed E-state index contributed by atoms with van der Waals surface area (Å²) in [7, 11) is -2.84. The molecule has 0 spiro atoms. The van der Waals surface area contributed by atoms with E-state index in [9.17, 15) is 8.42 Å². The quantitative estimate of drug-likeness (QED) is 0.842. The molecular formula is C11H16N2O2S. The van der Waals surface area contributed by atoms with Crippen molar-refractivity contribution >= 4 is 15.5 Å². The van der Waals surface area contributed by atoms with Crippen LogP contribution in [0.4, 0.5) is 5.69 Å². The van der Waals surface area contributed by atoms with E-state index in [-0.39, 0.29) is 17.5 Å². The Balaban J connectivity index is 2.02. The smallest absolute Gasteiger partial charge is 0.153 e. The number of rotatable bonds is 2. The van der Waals surface area contributed by atoms with E-state index in [0.717, 1.165) is 5.69 Å². The first-order valence-electron chi connectivity index (χ1n) is 5.35. The molecule has 16 heavy (non-hydrogen) atoms. The van der Waals surface area contributed by atoms with Gasteiger partial charge in [-0.05, 0) is 19.1 Å². The lowest BCUT2D eigenvalue weighted by Gasteiger charge is -2.33. The van der Waals surface area contributed by atoms with Crippen LogP contribution in [0.5, 0.6) is 0 Å². The second-order valence-electron chi connectivity index (χ2n) is 4.13. The Hall–Kier alpha value is -1.07. The van der Waals surface area contributed by atoms with Crippen LogP contribution in [0.3, 0.4) is 0 Å². The summed E-state index contributed by atoms with van der Waals surface area (Å²) < 4.78 is 22.8. The summed E-state index contributed by atoms with van der Waals surface area (Å²) in [5, 5.41) is 1.98. The molecule has 1 aromatic carbocycles. The van der Waals surface area contributed by atoms with Gasteiger partial charge >= 0.3 is 0 Å². The summed E-state index contributed by atoms with van der Waals surface area (Å²) in [6.45, 7) is 2.46. The Bertz CT molecular complexity index is 444. The minimum absolute atomic E-state index is 0.0129. The van der Waals surface area contributed by atoms with Crippen molar-refractivity contribution in [3.05, 3.63) is 30.3 Å². The number of nitrogens with one attached hydrogen (secondary N) is 1. The van der Waals surface area contributed by atoms with Crippen LogP contribution < -0.4 is 5.43 Å². The fraction of sp³-hybridized carbons (Fsp3) is 0.455. The largest absolute Gasteiger partial charge is 0.319 e. The minimum Gasteiger partial charge on any atom is -0.319 e. The maximum Gasteiger partial charge on any atom is 0.153 e. The van der Waals surface area contributed by atoms with Crippen molar-refractivity contribution in [2.24, 2.45) is 0 Å². The van der Waals surface area contributed by atoms with Crippen LogP contribution in [0.1, 0.15) is 6.92 Å². The number of benzene rings is 1. The number of sulfone groups is 1. The number of anilines is 1. The molecule has 5 heteroatoms. The number of hydrogen-bond acceptors (Lipinski definition) is 4. The first kappa shape index (κ1) is 11.4. The van der Waals surface area contributed by atoms with Gasteiger partial charge in [0.05, 0.1) is 11.5 Å². The molecule has 1 fully saturated rings. The van der Waals surface area contributed by atoms with Crippen LogP contribution in [-0.4, -0.2) is 37.5 Å². The van der Waals surface area contributed by atoms with E-state index in [1.807, 2.05) is 42.3 Å². The second-order valence-corrected chi connectivity index (χ2v) is 6.36. The van der Waals surface area contributed by atoms with Gasteiger partial charge in [-0.1, -0.05) is 18.2 Å². The third-order valence-corrected chi connectivity index (χ3v) is 4.51. The lowest BCUT2D eigenvalue weighted by atomic mass is 10.3. The van der Waals surface area contributed by atoms with Gasteiger partial charge in [-0.15, -0.1) is 0 Å². The zero-order chi connectivity index (χ0) is 11.6. The van der Waals surface area contributed by atoms with Crippen LogP contribution in [0.25, 0.3) is 0 Å². The number of para-hydroxylation sites is 1.